The number of aromatic nitrogens is 1. The molecule has 0 aliphatic rings. The molecule has 0 saturated carbocycles. The van der Waals surface area contributed by atoms with Crippen molar-refractivity contribution in [3.8, 4) is 0 Å². The molecule has 1 heterocycles. The van der Waals surface area contributed by atoms with Crippen LogP contribution in [-0.2, 0) is 6.18 Å². The maximum atomic E-state index is 12.6. The lowest BCUT2D eigenvalue weighted by molar-refractivity contribution is -0.137. The minimum atomic E-state index is -4.49. The molecule has 1 aromatic carbocycles. The van der Waals surface area contributed by atoms with Crippen LogP contribution in [0.1, 0.15) is 16.1 Å². The number of rotatable bonds is 2. The molecule has 1 amide bonds. The molecule has 21 heavy (non-hydrogen) atoms. The first-order valence-corrected chi connectivity index (χ1v) is 6.74. The lowest BCUT2D eigenvalue weighted by Crippen LogP contribution is -2.15. The van der Waals surface area contributed by atoms with E-state index in [1.165, 1.54) is 24.4 Å². The molecule has 0 bridgehead atoms. The summed E-state index contributed by atoms with van der Waals surface area (Å²) < 4.78 is 38.3. The molecule has 1 N–H and O–H groups in total. The molecule has 0 atom stereocenters. The number of alkyl halides is 3. The number of benzene rings is 1. The van der Waals surface area contributed by atoms with Crippen molar-refractivity contribution in [1.82, 2.24) is 4.98 Å². The molecule has 2 aromatic rings. The van der Waals surface area contributed by atoms with Crippen molar-refractivity contribution in [3.05, 3.63) is 57.3 Å². The molecule has 0 unspecified atom stereocenters. The minimum absolute atomic E-state index is 0.00609. The van der Waals surface area contributed by atoms with Gasteiger partial charge in [0.25, 0.3) is 5.91 Å². The van der Waals surface area contributed by atoms with E-state index >= 15 is 0 Å². The number of amides is 1. The van der Waals surface area contributed by atoms with E-state index in [4.69, 9.17) is 11.6 Å². The first-order chi connectivity index (χ1) is 9.77. The zero-order chi connectivity index (χ0) is 15.6. The number of carbonyl (C=O) groups excluding carboxylic acids is 1. The van der Waals surface area contributed by atoms with Gasteiger partial charge in [-0.05, 0) is 46.3 Å². The summed E-state index contributed by atoms with van der Waals surface area (Å²) >= 11 is 8.73. The van der Waals surface area contributed by atoms with Crippen molar-refractivity contribution >= 4 is 39.1 Å². The van der Waals surface area contributed by atoms with Gasteiger partial charge in [0.1, 0.15) is 5.69 Å². The second-order valence-corrected chi connectivity index (χ2v) is 5.30. The molecule has 1 aromatic heterocycles. The van der Waals surface area contributed by atoms with Gasteiger partial charge >= 0.3 is 6.18 Å². The molecule has 3 nitrogen and oxygen atoms in total. The van der Waals surface area contributed by atoms with E-state index in [-0.39, 0.29) is 11.4 Å². The van der Waals surface area contributed by atoms with E-state index in [1.807, 2.05) is 0 Å². The highest BCUT2D eigenvalue weighted by Crippen LogP contribution is 2.34. The molecular formula is C13H7BrClF3N2O. The van der Waals surface area contributed by atoms with Gasteiger partial charge in [0.15, 0.2) is 0 Å². The Morgan fingerprint density at radius 1 is 1.24 bits per heavy atom. The van der Waals surface area contributed by atoms with E-state index in [1.54, 1.807) is 0 Å². The highest BCUT2D eigenvalue weighted by molar-refractivity contribution is 9.10. The largest absolute Gasteiger partial charge is 0.416 e. The Bertz CT molecular complexity index is 674. The number of nitrogens with one attached hydrogen (secondary N) is 1. The Balaban J connectivity index is 2.26. The molecule has 0 aliphatic heterocycles. The summed E-state index contributed by atoms with van der Waals surface area (Å²) in [6.07, 6.45) is -3.21. The van der Waals surface area contributed by atoms with Gasteiger partial charge in [-0.3, -0.25) is 4.79 Å². The standard InChI is InChI=1S/C13H7BrClF3N2O/c14-9-3-1-7(13(16,17)18)5-11(9)20-12(21)10-4-2-8(15)6-19-10/h1-6H,(H,20,21). The van der Waals surface area contributed by atoms with Crippen LogP contribution >= 0.6 is 27.5 Å². The Morgan fingerprint density at radius 2 is 1.95 bits per heavy atom. The van der Waals surface area contributed by atoms with E-state index in [0.717, 1.165) is 12.1 Å². The summed E-state index contributed by atoms with van der Waals surface area (Å²) in [6.45, 7) is 0. The molecule has 110 valence electrons. The highest BCUT2D eigenvalue weighted by Gasteiger charge is 2.31. The van der Waals surface area contributed by atoms with E-state index in [9.17, 15) is 18.0 Å². The van der Waals surface area contributed by atoms with Crippen LogP contribution in [-0.4, -0.2) is 10.9 Å². The zero-order valence-corrected chi connectivity index (χ0v) is 12.6. The molecule has 0 saturated heterocycles. The fraction of sp³-hybridized carbons (Fsp3) is 0.0769. The molecular weight excluding hydrogens is 373 g/mol. The second kappa shape index (κ2) is 6.03. The maximum Gasteiger partial charge on any atom is 0.416 e. The Hall–Kier alpha value is -1.60. The molecule has 0 aliphatic carbocycles. The van der Waals surface area contributed by atoms with Crippen LogP contribution in [0.2, 0.25) is 5.02 Å². The Labute approximate surface area is 131 Å². The number of carbonyl (C=O) groups is 1. The molecule has 0 radical (unpaired) electrons. The summed E-state index contributed by atoms with van der Waals surface area (Å²) in [5.74, 6) is -0.633. The van der Waals surface area contributed by atoms with Gasteiger partial charge in [-0.2, -0.15) is 13.2 Å². The monoisotopic (exact) mass is 378 g/mol. The van der Waals surface area contributed by atoms with E-state index in [0.29, 0.717) is 9.50 Å². The lowest BCUT2D eigenvalue weighted by atomic mass is 10.2. The van der Waals surface area contributed by atoms with Crippen LogP contribution in [0.3, 0.4) is 0 Å². The summed E-state index contributed by atoms with van der Waals surface area (Å²) in [4.78, 5) is 15.7. The van der Waals surface area contributed by atoms with Gasteiger partial charge in [0, 0.05) is 10.7 Å². The summed E-state index contributed by atoms with van der Waals surface area (Å²) in [5, 5.41) is 2.72. The topological polar surface area (TPSA) is 42.0 Å². The average Bonchev–Trinajstić information content (AvgIpc) is 2.40. The molecule has 0 spiro atoms. The summed E-state index contributed by atoms with van der Waals surface area (Å²) in [5.41, 5.74) is -0.805. The zero-order valence-electron chi connectivity index (χ0n) is 10.2. The van der Waals surface area contributed by atoms with Crippen molar-refractivity contribution in [2.45, 2.75) is 6.18 Å². The van der Waals surface area contributed by atoms with Crippen molar-refractivity contribution in [2.24, 2.45) is 0 Å². The Morgan fingerprint density at radius 3 is 2.52 bits per heavy atom. The van der Waals surface area contributed by atoms with E-state index in [2.05, 4.69) is 26.2 Å². The van der Waals surface area contributed by atoms with Crippen LogP contribution < -0.4 is 5.32 Å². The summed E-state index contributed by atoms with van der Waals surface area (Å²) in [6, 6.07) is 5.82. The third kappa shape index (κ3) is 3.95. The third-order valence-corrected chi connectivity index (χ3v) is 3.42. The number of nitrogens with zero attached hydrogens (tertiary/aromatic N) is 1. The van der Waals surface area contributed by atoms with Gasteiger partial charge in [-0.1, -0.05) is 11.6 Å². The maximum absolute atomic E-state index is 12.6. The highest BCUT2D eigenvalue weighted by atomic mass is 79.9. The van der Waals surface area contributed by atoms with E-state index < -0.39 is 17.6 Å². The number of halogens is 5. The van der Waals surface area contributed by atoms with Crippen molar-refractivity contribution < 1.29 is 18.0 Å². The van der Waals surface area contributed by atoms with Crippen molar-refractivity contribution in [2.75, 3.05) is 5.32 Å². The number of anilines is 1. The van der Waals surface area contributed by atoms with Crippen molar-refractivity contribution in [3.63, 3.8) is 0 Å². The van der Waals surface area contributed by atoms with Gasteiger partial charge in [-0.25, -0.2) is 4.98 Å². The van der Waals surface area contributed by atoms with Gasteiger partial charge in [0.05, 0.1) is 16.3 Å². The molecule has 2 rings (SSSR count). The van der Waals surface area contributed by atoms with Crippen LogP contribution in [0.4, 0.5) is 18.9 Å². The average molecular weight is 380 g/mol. The van der Waals surface area contributed by atoms with Gasteiger partial charge in [0.2, 0.25) is 0 Å². The van der Waals surface area contributed by atoms with Gasteiger partial charge < -0.3 is 5.32 Å². The quantitative estimate of drug-likeness (QED) is 0.817. The first kappa shape index (κ1) is 15.8. The van der Waals surface area contributed by atoms with Crippen LogP contribution in [0.5, 0.6) is 0 Å². The fourth-order valence-corrected chi connectivity index (χ4v) is 1.95. The fourth-order valence-electron chi connectivity index (χ4n) is 1.49. The van der Waals surface area contributed by atoms with Crippen LogP contribution in [0.25, 0.3) is 0 Å². The Kier molecular flexibility index (Phi) is 4.53. The molecule has 8 heteroatoms. The SMILES string of the molecule is O=C(Nc1cc(C(F)(F)F)ccc1Br)c1ccc(Cl)cn1. The van der Waals surface area contributed by atoms with Crippen molar-refractivity contribution in [1.29, 1.82) is 0 Å². The number of hydrogen-bond donors (Lipinski definition) is 1. The van der Waals surface area contributed by atoms with Crippen LogP contribution in [0, 0.1) is 0 Å². The van der Waals surface area contributed by atoms with Gasteiger partial charge in [-0.15, -0.1) is 0 Å². The van der Waals surface area contributed by atoms with Crippen LogP contribution in [0.15, 0.2) is 41.0 Å². The second-order valence-electron chi connectivity index (χ2n) is 4.01. The minimum Gasteiger partial charge on any atom is -0.320 e. The smallest absolute Gasteiger partial charge is 0.320 e. The lowest BCUT2D eigenvalue weighted by Gasteiger charge is -2.11. The predicted octanol–water partition coefficient (Wildman–Crippen LogP) is 4.77. The first-order valence-electron chi connectivity index (χ1n) is 5.57. The normalized spacial score (nSPS) is 11.3. The number of pyridine rings is 1. The third-order valence-electron chi connectivity index (χ3n) is 2.50. The number of hydrogen-bond acceptors (Lipinski definition) is 2. The molecule has 0 fully saturated rings. The predicted molar refractivity (Wildman–Crippen MR) is 76.3 cm³/mol. The summed E-state index contributed by atoms with van der Waals surface area (Å²) in [7, 11) is 0.